The number of methoxy groups -OCH3 is 1. The van der Waals surface area contributed by atoms with Gasteiger partial charge in [-0.3, -0.25) is 0 Å². The molecule has 3 nitrogen and oxygen atoms in total. The van der Waals surface area contributed by atoms with Gasteiger partial charge in [0.15, 0.2) is 10.9 Å². The highest BCUT2D eigenvalue weighted by atomic mass is 35.5. The van der Waals surface area contributed by atoms with Crippen molar-refractivity contribution in [3.8, 4) is 5.75 Å². The summed E-state index contributed by atoms with van der Waals surface area (Å²) in [6, 6.07) is 6.43. The number of benzene rings is 1. The molecule has 0 fully saturated rings. The highest BCUT2D eigenvalue weighted by Gasteiger charge is 2.13. The van der Waals surface area contributed by atoms with Crippen LogP contribution in [0, 0.1) is 5.82 Å². The fourth-order valence-corrected chi connectivity index (χ4v) is 2.37. The molecule has 2 aromatic rings. The predicted octanol–water partition coefficient (Wildman–Crippen LogP) is 3.43. The Morgan fingerprint density at radius 1 is 1.29 bits per heavy atom. The largest absolute Gasteiger partial charge is 0.491 e. The second kappa shape index (κ2) is 5.33. The molecule has 0 unspecified atom stereocenters. The van der Waals surface area contributed by atoms with Gasteiger partial charge in [0.1, 0.15) is 17.2 Å². The summed E-state index contributed by atoms with van der Waals surface area (Å²) in [5.41, 5.74) is 0. The first kappa shape index (κ1) is 12.1. The molecule has 0 saturated heterocycles. The summed E-state index contributed by atoms with van der Waals surface area (Å²) in [5, 5.41) is 0.693. The minimum atomic E-state index is -0.311. The van der Waals surface area contributed by atoms with Crippen molar-refractivity contribution < 1.29 is 9.13 Å². The van der Waals surface area contributed by atoms with Crippen molar-refractivity contribution in [1.29, 1.82) is 0 Å². The fraction of sp³-hybridized carbons (Fsp3) is 0.0909. The van der Waals surface area contributed by atoms with Crippen LogP contribution in [0.1, 0.15) is 0 Å². The Bertz CT molecular complexity index is 539. The lowest BCUT2D eigenvalue weighted by Crippen LogP contribution is -1.93. The molecule has 0 atom stereocenters. The van der Waals surface area contributed by atoms with E-state index in [0.29, 0.717) is 15.7 Å². The lowest BCUT2D eigenvalue weighted by molar-refractivity contribution is 0.398. The van der Waals surface area contributed by atoms with Crippen LogP contribution in [-0.4, -0.2) is 17.1 Å². The Hall–Kier alpha value is -1.33. The first-order valence-electron chi connectivity index (χ1n) is 4.69. The quantitative estimate of drug-likeness (QED) is 0.801. The smallest absolute Gasteiger partial charge is 0.188 e. The summed E-state index contributed by atoms with van der Waals surface area (Å²) in [6.07, 6.45) is 1.31. The normalized spacial score (nSPS) is 10.3. The van der Waals surface area contributed by atoms with E-state index in [-0.39, 0.29) is 11.0 Å². The molecule has 1 aromatic carbocycles. The maximum Gasteiger partial charge on any atom is 0.188 e. The Kier molecular flexibility index (Phi) is 3.81. The second-order valence-electron chi connectivity index (χ2n) is 3.04. The summed E-state index contributed by atoms with van der Waals surface area (Å²) in [5.74, 6) is 0.0386. The number of halogens is 2. The van der Waals surface area contributed by atoms with Crippen LogP contribution in [0.2, 0.25) is 5.15 Å². The van der Waals surface area contributed by atoms with Gasteiger partial charge in [-0.25, -0.2) is 14.4 Å². The van der Waals surface area contributed by atoms with Gasteiger partial charge in [0.25, 0.3) is 0 Å². The van der Waals surface area contributed by atoms with Gasteiger partial charge in [0, 0.05) is 4.90 Å². The van der Waals surface area contributed by atoms with Crippen LogP contribution in [0.15, 0.2) is 40.5 Å². The van der Waals surface area contributed by atoms with E-state index < -0.39 is 0 Å². The van der Waals surface area contributed by atoms with E-state index in [0.717, 1.165) is 11.8 Å². The van der Waals surface area contributed by atoms with Crippen molar-refractivity contribution in [2.24, 2.45) is 0 Å². The number of ether oxygens (including phenoxy) is 1. The van der Waals surface area contributed by atoms with Crippen molar-refractivity contribution >= 4 is 23.4 Å². The molecule has 0 saturated carbocycles. The molecule has 1 aromatic heterocycles. The van der Waals surface area contributed by atoms with E-state index in [1.807, 2.05) is 0 Å². The van der Waals surface area contributed by atoms with Crippen LogP contribution < -0.4 is 4.74 Å². The molecule has 0 aliphatic carbocycles. The summed E-state index contributed by atoms with van der Waals surface area (Å²) in [7, 11) is 1.47. The maximum atomic E-state index is 13.5. The summed E-state index contributed by atoms with van der Waals surface area (Å²) >= 11 is 7.00. The molecule has 17 heavy (non-hydrogen) atoms. The summed E-state index contributed by atoms with van der Waals surface area (Å²) in [4.78, 5) is 8.28. The molecule has 0 N–H and O–H groups in total. The topological polar surface area (TPSA) is 35.0 Å². The van der Waals surface area contributed by atoms with E-state index in [9.17, 15) is 4.39 Å². The molecule has 0 amide bonds. The molecule has 0 bridgehead atoms. The van der Waals surface area contributed by atoms with Gasteiger partial charge in [-0.05, 0) is 12.1 Å². The lowest BCUT2D eigenvalue weighted by atomic mass is 10.3. The average Bonchev–Trinajstić information content (AvgIpc) is 2.32. The highest BCUT2D eigenvalue weighted by molar-refractivity contribution is 7.99. The first-order valence-corrected chi connectivity index (χ1v) is 5.88. The number of rotatable bonds is 3. The third-order valence-electron chi connectivity index (χ3n) is 1.98. The van der Waals surface area contributed by atoms with E-state index in [2.05, 4.69) is 9.97 Å². The molecular formula is C11H8ClFN2OS. The summed E-state index contributed by atoms with van der Waals surface area (Å²) in [6.45, 7) is 0. The number of hydrogen-bond donors (Lipinski definition) is 0. The molecule has 0 aliphatic heterocycles. The third kappa shape index (κ3) is 2.68. The molecule has 0 aliphatic rings. The van der Waals surface area contributed by atoms with E-state index in [4.69, 9.17) is 16.3 Å². The van der Waals surface area contributed by atoms with E-state index >= 15 is 0 Å². The molecule has 88 valence electrons. The van der Waals surface area contributed by atoms with Crippen LogP contribution in [0.4, 0.5) is 4.39 Å². The maximum absolute atomic E-state index is 13.5. The van der Waals surface area contributed by atoms with Crippen molar-refractivity contribution in [2.75, 3.05) is 7.11 Å². The minimum Gasteiger partial charge on any atom is -0.491 e. The predicted molar refractivity (Wildman–Crippen MR) is 64.1 cm³/mol. The molecule has 2 rings (SSSR count). The Morgan fingerprint density at radius 2 is 2.06 bits per heavy atom. The zero-order valence-corrected chi connectivity index (χ0v) is 10.4. The third-order valence-corrected chi connectivity index (χ3v) is 3.28. The van der Waals surface area contributed by atoms with Gasteiger partial charge in [0.05, 0.1) is 7.11 Å². The lowest BCUT2D eigenvalue weighted by Gasteiger charge is -2.07. The van der Waals surface area contributed by atoms with Gasteiger partial charge in [-0.1, -0.05) is 35.5 Å². The minimum absolute atomic E-state index is 0.210. The van der Waals surface area contributed by atoms with Crippen LogP contribution in [0.5, 0.6) is 5.75 Å². The van der Waals surface area contributed by atoms with Gasteiger partial charge < -0.3 is 4.74 Å². The SMILES string of the molecule is COc1c(Cl)ncnc1Sc1ccccc1F. The fourth-order valence-electron chi connectivity index (χ4n) is 1.21. The van der Waals surface area contributed by atoms with Crippen LogP contribution in [-0.2, 0) is 0 Å². The Balaban J connectivity index is 2.37. The van der Waals surface area contributed by atoms with E-state index in [1.165, 1.54) is 19.5 Å². The molecular weight excluding hydrogens is 263 g/mol. The summed E-state index contributed by atoms with van der Waals surface area (Å²) < 4.78 is 18.6. The van der Waals surface area contributed by atoms with Crippen molar-refractivity contribution in [3.63, 3.8) is 0 Å². The van der Waals surface area contributed by atoms with Crippen molar-refractivity contribution in [3.05, 3.63) is 41.6 Å². The van der Waals surface area contributed by atoms with Gasteiger partial charge >= 0.3 is 0 Å². The first-order chi connectivity index (χ1) is 8.22. The monoisotopic (exact) mass is 270 g/mol. The van der Waals surface area contributed by atoms with Gasteiger partial charge in [-0.2, -0.15) is 0 Å². The standard InChI is InChI=1S/C11H8ClFN2OS/c1-16-9-10(12)14-6-15-11(9)17-8-5-3-2-4-7(8)13/h2-6H,1H3. The number of nitrogens with zero attached hydrogens (tertiary/aromatic N) is 2. The number of aromatic nitrogens is 2. The van der Waals surface area contributed by atoms with Crippen molar-refractivity contribution in [1.82, 2.24) is 9.97 Å². The van der Waals surface area contributed by atoms with Crippen LogP contribution >= 0.6 is 23.4 Å². The number of hydrogen-bond acceptors (Lipinski definition) is 4. The average molecular weight is 271 g/mol. The van der Waals surface area contributed by atoms with E-state index in [1.54, 1.807) is 18.2 Å². The Labute approximate surface area is 107 Å². The molecule has 0 radical (unpaired) electrons. The zero-order chi connectivity index (χ0) is 12.3. The van der Waals surface area contributed by atoms with Crippen molar-refractivity contribution in [2.45, 2.75) is 9.92 Å². The van der Waals surface area contributed by atoms with Crippen LogP contribution in [0.3, 0.4) is 0 Å². The molecule has 0 spiro atoms. The van der Waals surface area contributed by atoms with Gasteiger partial charge in [-0.15, -0.1) is 0 Å². The van der Waals surface area contributed by atoms with Crippen LogP contribution in [0.25, 0.3) is 0 Å². The molecule has 1 heterocycles. The second-order valence-corrected chi connectivity index (χ2v) is 4.42. The molecule has 6 heteroatoms. The zero-order valence-electron chi connectivity index (χ0n) is 8.85. The van der Waals surface area contributed by atoms with Gasteiger partial charge in [0.2, 0.25) is 0 Å². The Morgan fingerprint density at radius 3 is 2.76 bits per heavy atom. The highest BCUT2D eigenvalue weighted by Crippen LogP contribution is 2.37.